The number of hydrogen-bond donors (Lipinski definition) is 1. The molecule has 1 fully saturated rings. The fourth-order valence-electron chi connectivity index (χ4n) is 3.88. The molecule has 1 unspecified atom stereocenters. The lowest BCUT2D eigenvalue weighted by molar-refractivity contribution is -0.141. The Hall–Kier alpha value is -4.44. The molecule has 1 atom stereocenters. The largest absolute Gasteiger partial charge is 0.425 e. The first-order valence-electron chi connectivity index (χ1n) is 10.5. The lowest BCUT2D eigenvalue weighted by Crippen LogP contribution is -2.44. The summed E-state index contributed by atoms with van der Waals surface area (Å²) in [6.07, 6.45) is 0.351. The van der Waals surface area contributed by atoms with Gasteiger partial charge in [0.15, 0.2) is 0 Å². The molecular weight excluding hydrogens is 418 g/mol. The van der Waals surface area contributed by atoms with Gasteiger partial charge in [-0.2, -0.15) is 5.26 Å². The summed E-state index contributed by atoms with van der Waals surface area (Å²) < 4.78 is 5.35. The summed E-state index contributed by atoms with van der Waals surface area (Å²) in [6, 6.07) is 24.4. The van der Waals surface area contributed by atoms with Crippen LogP contribution in [0.15, 0.2) is 78.9 Å². The maximum absolute atomic E-state index is 13.1. The van der Waals surface area contributed by atoms with Crippen LogP contribution in [0, 0.1) is 11.3 Å². The summed E-state index contributed by atoms with van der Waals surface area (Å²) in [5.74, 6) is -0.895. The monoisotopic (exact) mass is 439 g/mol. The van der Waals surface area contributed by atoms with Gasteiger partial charge in [0, 0.05) is 0 Å². The second kappa shape index (κ2) is 8.97. The van der Waals surface area contributed by atoms with Crippen molar-refractivity contribution < 1.29 is 19.1 Å². The number of ether oxygens (including phenoxy) is 1. The number of benzene rings is 3. The molecule has 4 rings (SSSR count). The van der Waals surface area contributed by atoms with Crippen LogP contribution in [0.3, 0.4) is 0 Å². The van der Waals surface area contributed by atoms with E-state index in [2.05, 4.69) is 11.4 Å². The number of nitriles is 1. The average molecular weight is 439 g/mol. The van der Waals surface area contributed by atoms with Crippen LogP contribution in [0.4, 0.5) is 4.79 Å². The second-order valence-electron chi connectivity index (χ2n) is 7.63. The van der Waals surface area contributed by atoms with E-state index in [-0.39, 0.29) is 0 Å². The van der Waals surface area contributed by atoms with Gasteiger partial charge in [0.25, 0.3) is 5.91 Å². The molecule has 1 heterocycles. The topological polar surface area (TPSA) is 99.5 Å². The van der Waals surface area contributed by atoms with E-state index in [9.17, 15) is 14.4 Å². The SMILES string of the molecule is CCC1(c2ccccc2)NC(=O)N(CC(=O)Oc2ccc(-c3ccc(C#N)cc3)cc2)C1=O. The summed E-state index contributed by atoms with van der Waals surface area (Å²) in [7, 11) is 0. The average Bonchev–Trinajstić information content (AvgIpc) is 3.10. The zero-order valence-electron chi connectivity index (χ0n) is 17.9. The van der Waals surface area contributed by atoms with E-state index < -0.39 is 30.0 Å². The Balaban J connectivity index is 1.44. The Morgan fingerprint density at radius 2 is 1.58 bits per heavy atom. The van der Waals surface area contributed by atoms with Gasteiger partial charge in [0.2, 0.25) is 0 Å². The maximum atomic E-state index is 13.1. The second-order valence-corrected chi connectivity index (χ2v) is 7.63. The van der Waals surface area contributed by atoms with Crippen molar-refractivity contribution in [1.82, 2.24) is 10.2 Å². The molecule has 3 amide bonds. The number of urea groups is 1. The van der Waals surface area contributed by atoms with Crippen LogP contribution >= 0.6 is 0 Å². The van der Waals surface area contributed by atoms with Crippen LogP contribution in [0.2, 0.25) is 0 Å². The summed E-state index contributed by atoms with van der Waals surface area (Å²) in [4.78, 5) is 39.0. The highest BCUT2D eigenvalue weighted by atomic mass is 16.5. The van der Waals surface area contributed by atoms with Crippen LogP contribution in [0.5, 0.6) is 5.75 Å². The van der Waals surface area contributed by atoms with Crippen LogP contribution in [0.1, 0.15) is 24.5 Å². The third-order valence-corrected chi connectivity index (χ3v) is 5.69. The highest BCUT2D eigenvalue weighted by Gasteiger charge is 2.51. The molecule has 0 saturated carbocycles. The van der Waals surface area contributed by atoms with Gasteiger partial charge in [-0.3, -0.25) is 9.69 Å². The van der Waals surface area contributed by atoms with Gasteiger partial charge in [0.05, 0.1) is 11.6 Å². The van der Waals surface area contributed by atoms with Gasteiger partial charge in [-0.1, -0.05) is 61.5 Å². The minimum atomic E-state index is -1.19. The molecule has 1 aliphatic heterocycles. The molecule has 1 aliphatic rings. The van der Waals surface area contributed by atoms with Crippen molar-refractivity contribution in [2.45, 2.75) is 18.9 Å². The third-order valence-electron chi connectivity index (χ3n) is 5.69. The van der Waals surface area contributed by atoms with Crippen molar-refractivity contribution in [2.24, 2.45) is 0 Å². The minimum absolute atomic E-state index is 0.300. The molecule has 0 spiro atoms. The number of carbonyl (C=O) groups is 3. The summed E-state index contributed by atoms with van der Waals surface area (Å²) in [5, 5.41) is 11.7. The lowest BCUT2D eigenvalue weighted by Gasteiger charge is -2.25. The highest BCUT2D eigenvalue weighted by Crippen LogP contribution is 2.32. The summed E-state index contributed by atoms with van der Waals surface area (Å²) in [6.45, 7) is 1.32. The Labute approximate surface area is 191 Å². The van der Waals surface area contributed by atoms with Gasteiger partial charge in [-0.25, -0.2) is 9.59 Å². The van der Waals surface area contributed by atoms with E-state index in [1.54, 1.807) is 60.7 Å². The molecule has 1 N–H and O–H groups in total. The summed E-state index contributed by atoms with van der Waals surface area (Å²) in [5.41, 5.74) is 1.86. The normalized spacial score (nSPS) is 17.4. The zero-order chi connectivity index (χ0) is 23.4. The minimum Gasteiger partial charge on any atom is -0.425 e. The van der Waals surface area contributed by atoms with Crippen LogP contribution < -0.4 is 10.1 Å². The van der Waals surface area contributed by atoms with Gasteiger partial charge in [0.1, 0.15) is 17.8 Å². The Kier molecular flexibility index (Phi) is 5.92. The molecule has 164 valence electrons. The molecule has 7 nitrogen and oxygen atoms in total. The number of esters is 1. The molecule has 3 aromatic rings. The van der Waals surface area contributed by atoms with Crippen LogP contribution in [0.25, 0.3) is 11.1 Å². The van der Waals surface area contributed by atoms with Crippen molar-refractivity contribution in [3.63, 3.8) is 0 Å². The van der Waals surface area contributed by atoms with Crippen molar-refractivity contribution in [1.29, 1.82) is 5.26 Å². The fourth-order valence-corrected chi connectivity index (χ4v) is 3.88. The Morgan fingerprint density at radius 3 is 2.15 bits per heavy atom. The molecule has 7 heteroatoms. The molecule has 0 aromatic heterocycles. The standard InChI is InChI=1S/C26H21N3O4/c1-2-26(21-6-4-3-5-7-21)24(31)29(25(32)28-26)17-23(30)33-22-14-12-20(13-15-22)19-10-8-18(16-27)9-11-19/h3-15H,2,17H2,1H3,(H,28,32). The smallest absolute Gasteiger partial charge is 0.331 e. The van der Waals surface area contributed by atoms with Crippen LogP contribution in [-0.2, 0) is 15.1 Å². The lowest BCUT2D eigenvalue weighted by atomic mass is 9.87. The third kappa shape index (κ3) is 4.19. The number of amides is 3. The van der Waals surface area contributed by atoms with Gasteiger partial charge < -0.3 is 10.1 Å². The number of nitrogens with one attached hydrogen (secondary N) is 1. The first-order chi connectivity index (χ1) is 16.0. The quantitative estimate of drug-likeness (QED) is 0.356. The number of nitrogens with zero attached hydrogens (tertiary/aromatic N) is 2. The predicted molar refractivity (Wildman–Crippen MR) is 121 cm³/mol. The Bertz CT molecular complexity index is 1230. The van der Waals surface area contributed by atoms with Gasteiger partial charge in [-0.05, 0) is 47.4 Å². The van der Waals surface area contributed by atoms with E-state index in [0.29, 0.717) is 23.3 Å². The number of imide groups is 1. The summed E-state index contributed by atoms with van der Waals surface area (Å²) >= 11 is 0. The molecule has 33 heavy (non-hydrogen) atoms. The van der Waals surface area contributed by atoms with E-state index in [1.807, 2.05) is 25.1 Å². The predicted octanol–water partition coefficient (Wildman–Crippen LogP) is 3.99. The maximum Gasteiger partial charge on any atom is 0.331 e. The van der Waals surface area contributed by atoms with E-state index in [4.69, 9.17) is 10.00 Å². The number of hydrogen-bond acceptors (Lipinski definition) is 5. The van der Waals surface area contributed by atoms with E-state index in [1.165, 1.54) is 0 Å². The molecular formula is C26H21N3O4. The van der Waals surface area contributed by atoms with Crippen molar-refractivity contribution in [3.05, 3.63) is 90.0 Å². The molecule has 3 aromatic carbocycles. The van der Waals surface area contributed by atoms with Gasteiger partial charge in [-0.15, -0.1) is 0 Å². The number of rotatable bonds is 6. The molecule has 0 aliphatic carbocycles. The van der Waals surface area contributed by atoms with Crippen molar-refractivity contribution in [3.8, 4) is 22.9 Å². The zero-order valence-corrected chi connectivity index (χ0v) is 17.9. The Morgan fingerprint density at radius 1 is 0.970 bits per heavy atom. The molecule has 0 radical (unpaired) electrons. The fraction of sp³-hybridized carbons (Fsp3) is 0.154. The first kappa shape index (κ1) is 21.8. The van der Waals surface area contributed by atoms with E-state index >= 15 is 0 Å². The number of carbonyl (C=O) groups excluding carboxylic acids is 3. The van der Waals surface area contributed by atoms with Crippen molar-refractivity contribution in [2.75, 3.05) is 6.54 Å². The highest BCUT2D eigenvalue weighted by molar-refractivity contribution is 6.09. The first-order valence-corrected chi connectivity index (χ1v) is 10.5. The van der Waals surface area contributed by atoms with Crippen molar-refractivity contribution >= 4 is 17.9 Å². The molecule has 0 bridgehead atoms. The van der Waals surface area contributed by atoms with Gasteiger partial charge >= 0.3 is 12.0 Å². The molecule has 1 saturated heterocycles. The van der Waals surface area contributed by atoms with Crippen LogP contribution in [-0.4, -0.2) is 29.4 Å². The van der Waals surface area contributed by atoms with E-state index in [0.717, 1.165) is 16.0 Å².